The van der Waals surface area contributed by atoms with Crippen molar-refractivity contribution in [1.29, 1.82) is 0 Å². The Morgan fingerprint density at radius 3 is 2.55 bits per heavy atom. The summed E-state index contributed by atoms with van der Waals surface area (Å²) in [5.74, 6) is 0.209. The topological polar surface area (TPSA) is 32.3 Å². The van der Waals surface area contributed by atoms with Gasteiger partial charge in [-0.3, -0.25) is 4.79 Å². The monoisotopic (exact) mass is 294 g/mol. The van der Waals surface area contributed by atoms with E-state index in [1.807, 2.05) is 26.8 Å². The number of Topliss-reactive ketones (excluding diaryl/α,β-unsaturated/α-hetero) is 1. The summed E-state index contributed by atoms with van der Waals surface area (Å²) in [7, 11) is 0. The molecule has 3 nitrogen and oxygen atoms in total. The van der Waals surface area contributed by atoms with Crippen molar-refractivity contribution < 1.29 is 4.79 Å². The van der Waals surface area contributed by atoms with E-state index in [4.69, 9.17) is 11.6 Å². The van der Waals surface area contributed by atoms with Gasteiger partial charge in [0.2, 0.25) is 0 Å². The molecule has 1 fully saturated rings. The standard InChI is InChI=1S/C16H23ClN2O/c1-11-10-12(2)16(17)13(3)15(11)14(20)4-7-19-8-5-18-6-9-19/h10,18H,4-9H2,1-3H3. The minimum absolute atomic E-state index is 0.209. The van der Waals surface area contributed by atoms with Crippen LogP contribution in [-0.4, -0.2) is 43.4 Å². The van der Waals surface area contributed by atoms with Crippen molar-refractivity contribution in [3.05, 3.63) is 33.3 Å². The van der Waals surface area contributed by atoms with Crippen LogP contribution >= 0.6 is 11.6 Å². The molecule has 1 aromatic carbocycles. The van der Waals surface area contributed by atoms with Crippen molar-refractivity contribution in [2.75, 3.05) is 32.7 Å². The van der Waals surface area contributed by atoms with Crippen LogP contribution in [0.25, 0.3) is 0 Å². The maximum absolute atomic E-state index is 12.5. The molecular weight excluding hydrogens is 272 g/mol. The number of hydrogen-bond donors (Lipinski definition) is 1. The molecule has 1 aromatic rings. The van der Waals surface area contributed by atoms with E-state index in [9.17, 15) is 4.79 Å². The van der Waals surface area contributed by atoms with Crippen molar-refractivity contribution in [1.82, 2.24) is 10.2 Å². The van der Waals surface area contributed by atoms with Crippen LogP contribution in [0.5, 0.6) is 0 Å². The molecule has 1 aliphatic rings. The Balaban J connectivity index is 2.07. The number of piperazine rings is 1. The Bertz CT molecular complexity index is 508. The number of aryl methyl sites for hydroxylation is 2. The molecule has 20 heavy (non-hydrogen) atoms. The molecule has 0 aliphatic carbocycles. The SMILES string of the molecule is Cc1cc(C)c(C(=O)CCN2CCNCC2)c(C)c1Cl. The molecule has 1 heterocycles. The molecule has 0 atom stereocenters. The summed E-state index contributed by atoms with van der Waals surface area (Å²) in [5.41, 5.74) is 3.82. The van der Waals surface area contributed by atoms with Crippen LogP contribution in [-0.2, 0) is 0 Å². The van der Waals surface area contributed by atoms with Crippen molar-refractivity contribution in [2.24, 2.45) is 0 Å². The molecule has 0 radical (unpaired) electrons. The summed E-state index contributed by atoms with van der Waals surface area (Å²) in [4.78, 5) is 14.8. The molecule has 1 aliphatic heterocycles. The Kier molecular flexibility index (Phi) is 5.19. The van der Waals surface area contributed by atoms with Crippen LogP contribution in [0.2, 0.25) is 5.02 Å². The molecule has 0 unspecified atom stereocenters. The lowest BCUT2D eigenvalue weighted by molar-refractivity contribution is 0.0959. The van der Waals surface area contributed by atoms with Gasteiger partial charge in [0.05, 0.1) is 0 Å². The number of ketones is 1. The maximum Gasteiger partial charge on any atom is 0.164 e. The lowest BCUT2D eigenvalue weighted by Gasteiger charge is -2.27. The number of benzene rings is 1. The predicted octanol–water partition coefficient (Wildman–Crippen LogP) is 2.74. The first-order chi connectivity index (χ1) is 9.50. The first-order valence-corrected chi connectivity index (χ1v) is 7.61. The summed E-state index contributed by atoms with van der Waals surface area (Å²) < 4.78 is 0. The average Bonchev–Trinajstić information content (AvgIpc) is 2.44. The van der Waals surface area contributed by atoms with Gasteiger partial charge in [-0.2, -0.15) is 0 Å². The largest absolute Gasteiger partial charge is 0.314 e. The Hall–Kier alpha value is -0.900. The van der Waals surface area contributed by atoms with Gasteiger partial charge in [0.1, 0.15) is 0 Å². The van der Waals surface area contributed by atoms with Crippen molar-refractivity contribution >= 4 is 17.4 Å². The molecule has 0 spiro atoms. The highest BCUT2D eigenvalue weighted by atomic mass is 35.5. The number of rotatable bonds is 4. The van der Waals surface area contributed by atoms with Gasteiger partial charge in [-0.05, 0) is 37.5 Å². The molecule has 0 saturated carbocycles. The van der Waals surface area contributed by atoms with E-state index in [0.717, 1.165) is 60.0 Å². The second-order valence-electron chi connectivity index (χ2n) is 5.59. The van der Waals surface area contributed by atoms with Crippen LogP contribution in [0.1, 0.15) is 33.5 Å². The third-order valence-electron chi connectivity index (χ3n) is 4.02. The average molecular weight is 295 g/mol. The summed E-state index contributed by atoms with van der Waals surface area (Å²) in [5, 5.41) is 4.05. The molecular formula is C16H23ClN2O. The van der Waals surface area contributed by atoms with E-state index < -0.39 is 0 Å². The summed E-state index contributed by atoms with van der Waals surface area (Å²) in [6, 6.07) is 2.01. The van der Waals surface area contributed by atoms with E-state index in [1.165, 1.54) is 0 Å². The van der Waals surface area contributed by atoms with Gasteiger partial charge in [-0.1, -0.05) is 17.7 Å². The fraction of sp³-hybridized carbons (Fsp3) is 0.562. The highest BCUT2D eigenvalue weighted by Crippen LogP contribution is 2.27. The number of nitrogens with zero attached hydrogens (tertiary/aromatic N) is 1. The highest BCUT2D eigenvalue weighted by molar-refractivity contribution is 6.32. The van der Waals surface area contributed by atoms with E-state index in [1.54, 1.807) is 0 Å². The second-order valence-corrected chi connectivity index (χ2v) is 5.97. The normalized spacial score (nSPS) is 16.4. The van der Waals surface area contributed by atoms with Gasteiger partial charge >= 0.3 is 0 Å². The number of carbonyl (C=O) groups is 1. The Labute approximate surface area is 126 Å². The third kappa shape index (κ3) is 3.40. The molecule has 110 valence electrons. The Morgan fingerprint density at radius 2 is 1.90 bits per heavy atom. The minimum atomic E-state index is 0.209. The molecule has 1 saturated heterocycles. The molecule has 0 bridgehead atoms. The molecule has 0 aromatic heterocycles. The van der Waals surface area contributed by atoms with E-state index in [-0.39, 0.29) is 5.78 Å². The lowest BCUT2D eigenvalue weighted by atomic mass is 9.95. The summed E-state index contributed by atoms with van der Waals surface area (Å²) in [6.07, 6.45) is 0.571. The smallest absolute Gasteiger partial charge is 0.164 e. The lowest BCUT2D eigenvalue weighted by Crippen LogP contribution is -2.44. The summed E-state index contributed by atoms with van der Waals surface area (Å²) >= 11 is 6.28. The highest BCUT2D eigenvalue weighted by Gasteiger charge is 2.18. The fourth-order valence-electron chi connectivity index (χ4n) is 2.91. The first kappa shape index (κ1) is 15.5. The first-order valence-electron chi connectivity index (χ1n) is 7.23. The van der Waals surface area contributed by atoms with Crippen LogP contribution in [0.4, 0.5) is 0 Å². The van der Waals surface area contributed by atoms with Crippen molar-refractivity contribution in [3.8, 4) is 0 Å². The van der Waals surface area contributed by atoms with Gasteiger partial charge in [-0.15, -0.1) is 0 Å². The number of halogens is 1. The summed E-state index contributed by atoms with van der Waals surface area (Å²) in [6.45, 7) is 10.8. The van der Waals surface area contributed by atoms with E-state index >= 15 is 0 Å². The van der Waals surface area contributed by atoms with Crippen LogP contribution in [0.15, 0.2) is 6.07 Å². The molecule has 1 N–H and O–H groups in total. The van der Waals surface area contributed by atoms with Gasteiger partial charge in [-0.25, -0.2) is 0 Å². The van der Waals surface area contributed by atoms with E-state index in [0.29, 0.717) is 6.42 Å². The molecule has 0 amide bonds. The fourth-order valence-corrected chi connectivity index (χ4v) is 3.06. The van der Waals surface area contributed by atoms with Gasteiger partial charge in [0.15, 0.2) is 5.78 Å². The maximum atomic E-state index is 12.5. The number of hydrogen-bond acceptors (Lipinski definition) is 3. The predicted molar refractivity (Wildman–Crippen MR) is 83.9 cm³/mol. The van der Waals surface area contributed by atoms with Crippen LogP contribution in [0.3, 0.4) is 0 Å². The zero-order valence-electron chi connectivity index (χ0n) is 12.6. The minimum Gasteiger partial charge on any atom is -0.314 e. The number of carbonyl (C=O) groups excluding carboxylic acids is 1. The zero-order chi connectivity index (χ0) is 14.7. The quantitative estimate of drug-likeness (QED) is 0.867. The van der Waals surface area contributed by atoms with Crippen molar-refractivity contribution in [3.63, 3.8) is 0 Å². The van der Waals surface area contributed by atoms with Gasteiger partial charge < -0.3 is 10.2 Å². The molecule has 2 rings (SSSR count). The second kappa shape index (κ2) is 6.70. The van der Waals surface area contributed by atoms with Gasteiger partial charge in [0.25, 0.3) is 0 Å². The van der Waals surface area contributed by atoms with E-state index in [2.05, 4.69) is 10.2 Å². The van der Waals surface area contributed by atoms with Gasteiger partial charge in [0, 0.05) is 49.7 Å². The third-order valence-corrected chi connectivity index (χ3v) is 4.60. The molecule has 4 heteroatoms. The van der Waals surface area contributed by atoms with Crippen molar-refractivity contribution in [2.45, 2.75) is 27.2 Å². The zero-order valence-corrected chi connectivity index (χ0v) is 13.3. The number of nitrogens with one attached hydrogen (secondary N) is 1. The Morgan fingerprint density at radius 1 is 1.25 bits per heavy atom. The van der Waals surface area contributed by atoms with Crippen LogP contribution in [0, 0.1) is 20.8 Å². The van der Waals surface area contributed by atoms with Crippen LogP contribution < -0.4 is 5.32 Å².